The molecule has 8 nitrogen and oxygen atoms in total. The fourth-order valence-electron chi connectivity index (χ4n) is 3.53. The molecule has 1 heterocycles. The van der Waals surface area contributed by atoms with Gasteiger partial charge in [0.05, 0.1) is 12.0 Å². The molecule has 2 N–H and O–H groups in total. The predicted molar refractivity (Wildman–Crippen MR) is 129 cm³/mol. The van der Waals surface area contributed by atoms with Gasteiger partial charge >= 0.3 is 0 Å². The molecule has 0 radical (unpaired) electrons. The van der Waals surface area contributed by atoms with Gasteiger partial charge in [-0.05, 0) is 61.4 Å². The third-order valence-corrected chi connectivity index (χ3v) is 6.23. The fraction of sp³-hybridized carbons (Fsp3) is 0.120. The van der Waals surface area contributed by atoms with Crippen molar-refractivity contribution < 1.29 is 22.4 Å². The van der Waals surface area contributed by atoms with Crippen molar-refractivity contribution in [3.8, 4) is 5.75 Å². The molecular formula is C25H23N3O5S. The highest BCUT2D eigenvalue weighted by Gasteiger charge is 2.17. The first-order valence-electron chi connectivity index (χ1n) is 10.4. The lowest BCUT2D eigenvalue weighted by molar-refractivity contribution is 0.102. The van der Waals surface area contributed by atoms with Crippen LogP contribution in [0.4, 0.5) is 5.69 Å². The summed E-state index contributed by atoms with van der Waals surface area (Å²) in [6, 6.07) is 20.2. The number of benzene rings is 3. The average molecular weight is 478 g/mol. The number of carbonyl (C=O) groups is 1. The van der Waals surface area contributed by atoms with E-state index >= 15 is 0 Å². The Morgan fingerprint density at radius 3 is 2.32 bits per heavy atom. The van der Waals surface area contributed by atoms with Crippen LogP contribution in [-0.4, -0.2) is 21.4 Å². The van der Waals surface area contributed by atoms with Crippen LogP contribution >= 0.6 is 0 Å². The Kier molecular flexibility index (Phi) is 6.38. The highest BCUT2D eigenvalue weighted by Crippen LogP contribution is 2.25. The fourth-order valence-corrected chi connectivity index (χ4v) is 4.35. The van der Waals surface area contributed by atoms with Crippen molar-refractivity contribution in [1.82, 2.24) is 4.83 Å². The maximum absolute atomic E-state index is 13.2. The van der Waals surface area contributed by atoms with Crippen LogP contribution in [0.5, 0.6) is 5.75 Å². The molecule has 0 bridgehead atoms. The second-order valence-corrected chi connectivity index (χ2v) is 9.35. The highest BCUT2D eigenvalue weighted by molar-refractivity contribution is 7.89. The summed E-state index contributed by atoms with van der Waals surface area (Å²) in [5, 5.41) is 7.38. The molecule has 4 rings (SSSR count). The second-order valence-electron chi connectivity index (χ2n) is 7.69. The molecule has 0 fully saturated rings. The van der Waals surface area contributed by atoms with Gasteiger partial charge in [-0.15, -0.1) is 5.10 Å². The number of carbonyl (C=O) groups excluding carboxylic acids is 1. The van der Waals surface area contributed by atoms with E-state index in [1.807, 2.05) is 32.0 Å². The summed E-state index contributed by atoms with van der Waals surface area (Å²) in [4.78, 5) is 15.4. The smallest absolute Gasteiger partial charge is 0.276 e. The number of aryl methyl sites for hydroxylation is 2. The molecule has 3 aromatic carbocycles. The number of nitrogens with zero attached hydrogens (tertiary/aromatic N) is 1. The molecule has 0 unspecified atom stereocenters. The maximum Gasteiger partial charge on any atom is 0.276 e. The van der Waals surface area contributed by atoms with Crippen molar-refractivity contribution in [3.05, 3.63) is 95.0 Å². The van der Waals surface area contributed by atoms with Crippen molar-refractivity contribution in [2.75, 3.05) is 12.4 Å². The molecule has 174 valence electrons. The van der Waals surface area contributed by atoms with Gasteiger partial charge in [-0.2, -0.15) is 13.2 Å². The molecule has 4 aromatic rings. The Bertz CT molecular complexity index is 1520. The topological polar surface area (TPSA) is 110 Å². The third kappa shape index (κ3) is 4.94. The molecule has 0 aliphatic heterocycles. The van der Waals surface area contributed by atoms with Crippen LogP contribution in [0, 0.1) is 13.8 Å². The van der Waals surface area contributed by atoms with Crippen LogP contribution in [0.1, 0.15) is 21.5 Å². The number of hydrogen-bond donors (Lipinski definition) is 2. The molecule has 0 aliphatic rings. The zero-order valence-corrected chi connectivity index (χ0v) is 19.6. The Morgan fingerprint density at radius 1 is 0.941 bits per heavy atom. The van der Waals surface area contributed by atoms with E-state index in [-0.39, 0.29) is 16.0 Å². The Balaban J connectivity index is 1.82. The van der Waals surface area contributed by atoms with Crippen LogP contribution in [0.15, 0.2) is 87.2 Å². The maximum atomic E-state index is 13.2. The summed E-state index contributed by atoms with van der Waals surface area (Å²) in [7, 11) is -2.49. The third-order valence-electron chi connectivity index (χ3n) is 5.00. The summed E-state index contributed by atoms with van der Waals surface area (Å²) >= 11 is 0. The number of rotatable bonds is 6. The number of ether oxygens (including phenoxy) is 1. The first kappa shape index (κ1) is 23.1. The van der Waals surface area contributed by atoms with E-state index in [0.717, 1.165) is 11.1 Å². The lowest BCUT2D eigenvalue weighted by Crippen LogP contribution is -2.27. The van der Waals surface area contributed by atoms with E-state index < -0.39 is 15.9 Å². The lowest BCUT2D eigenvalue weighted by atomic mass is 10.1. The molecule has 0 saturated carbocycles. The number of hydrogen-bond acceptors (Lipinski definition) is 6. The van der Waals surface area contributed by atoms with Gasteiger partial charge in [0, 0.05) is 11.1 Å². The molecule has 9 heteroatoms. The van der Waals surface area contributed by atoms with Gasteiger partial charge in [0.25, 0.3) is 15.9 Å². The summed E-state index contributed by atoms with van der Waals surface area (Å²) in [6.07, 6.45) is 0. The molecule has 1 amide bonds. The van der Waals surface area contributed by atoms with Crippen LogP contribution < -0.4 is 20.4 Å². The number of para-hydroxylation sites is 1. The van der Waals surface area contributed by atoms with E-state index in [2.05, 4.69) is 15.2 Å². The van der Waals surface area contributed by atoms with Gasteiger partial charge in [0.2, 0.25) is 5.55 Å². The van der Waals surface area contributed by atoms with Crippen molar-refractivity contribution in [2.24, 2.45) is 5.10 Å². The van der Waals surface area contributed by atoms with Crippen LogP contribution in [0.2, 0.25) is 0 Å². The predicted octanol–water partition coefficient (Wildman–Crippen LogP) is 4.10. The standard InChI is InChI=1S/C25H23N3O5S/c1-16-12-17(2)14-19(13-16)26-24(29)21-15-18-8-7-11-22(32-3)23(18)33-25(21)27-28-34(30,31)20-9-5-4-6-10-20/h4-15,28H,1-3H3,(H,26,29)/b27-25+. The molecule has 0 atom stereocenters. The van der Waals surface area contributed by atoms with E-state index in [0.29, 0.717) is 22.4 Å². The monoisotopic (exact) mass is 477 g/mol. The van der Waals surface area contributed by atoms with Crippen LogP contribution in [0.3, 0.4) is 0 Å². The molecule has 0 saturated heterocycles. The number of anilines is 1. The van der Waals surface area contributed by atoms with Gasteiger partial charge in [-0.25, -0.2) is 0 Å². The first-order chi connectivity index (χ1) is 16.3. The van der Waals surface area contributed by atoms with E-state index in [1.54, 1.807) is 42.5 Å². The molecule has 1 aromatic heterocycles. The average Bonchev–Trinajstić information content (AvgIpc) is 2.81. The van der Waals surface area contributed by atoms with Crippen LogP contribution in [0.25, 0.3) is 11.0 Å². The van der Waals surface area contributed by atoms with Gasteiger partial charge < -0.3 is 14.5 Å². The first-order valence-corrected chi connectivity index (χ1v) is 11.9. The minimum Gasteiger partial charge on any atom is -0.493 e. The van der Waals surface area contributed by atoms with E-state index in [4.69, 9.17) is 9.15 Å². The van der Waals surface area contributed by atoms with E-state index in [9.17, 15) is 13.2 Å². The molecule has 34 heavy (non-hydrogen) atoms. The largest absolute Gasteiger partial charge is 0.493 e. The number of amides is 1. The number of fused-ring (bicyclic) bond motifs is 1. The summed E-state index contributed by atoms with van der Waals surface area (Å²) < 4.78 is 36.6. The minimum atomic E-state index is -3.98. The van der Waals surface area contributed by atoms with Crippen molar-refractivity contribution in [2.45, 2.75) is 18.7 Å². The highest BCUT2D eigenvalue weighted by atomic mass is 32.2. The van der Waals surface area contributed by atoms with Crippen LogP contribution in [-0.2, 0) is 10.0 Å². The number of sulfonamides is 1. The Hall–Kier alpha value is -4.11. The lowest BCUT2D eigenvalue weighted by Gasteiger charge is -2.10. The summed E-state index contributed by atoms with van der Waals surface area (Å²) in [6.45, 7) is 3.86. The van der Waals surface area contributed by atoms with Gasteiger partial charge in [-0.1, -0.05) is 36.4 Å². The van der Waals surface area contributed by atoms with Crippen molar-refractivity contribution in [3.63, 3.8) is 0 Å². The van der Waals surface area contributed by atoms with Gasteiger partial charge in [0.15, 0.2) is 11.3 Å². The molecule has 0 aliphatic carbocycles. The zero-order valence-electron chi connectivity index (χ0n) is 18.8. The Morgan fingerprint density at radius 2 is 1.65 bits per heavy atom. The number of nitrogens with one attached hydrogen (secondary N) is 2. The van der Waals surface area contributed by atoms with Gasteiger partial charge in [0.1, 0.15) is 5.56 Å². The zero-order chi connectivity index (χ0) is 24.3. The normalized spacial score (nSPS) is 11.9. The SMILES string of the molecule is COc1cccc2cc(C(=O)Nc3cc(C)cc(C)c3)/c(=N\NS(=O)(=O)c3ccccc3)oc12. The molecule has 0 spiro atoms. The summed E-state index contributed by atoms with van der Waals surface area (Å²) in [5.41, 5.74) is 2.75. The second kappa shape index (κ2) is 9.40. The van der Waals surface area contributed by atoms with Crippen molar-refractivity contribution >= 4 is 32.6 Å². The quantitative estimate of drug-likeness (QED) is 0.406. The summed E-state index contributed by atoms with van der Waals surface area (Å²) in [5.74, 6) is -0.0859. The Labute approximate surface area is 196 Å². The van der Waals surface area contributed by atoms with E-state index in [1.165, 1.54) is 19.2 Å². The van der Waals surface area contributed by atoms with Crippen molar-refractivity contribution in [1.29, 1.82) is 0 Å². The minimum absolute atomic E-state index is 0.0263. The number of methoxy groups -OCH3 is 1. The van der Waals surface area contributed by atoms with Gasteiger partial charge in [-0.3, -0.25) is 4.79 Å². The molecular weight excluding hydrogens is 454 g/mol.